The van der Waals surface area contributed by atoms with Crippen LogP contribution in [0.2, 0.25) is 0 Å². The van der Waals surface area contributed by atoms with Crippen molar-refractivity contribution in [2.75, 3.05) is 37.7 Å². The number of para-hydroxylation sites is 4. The second-order valence-corrected chi connectivity index (χ2v) is 6.42. The Morgan fingerprint density at radius 3 is 2.41 bits per heavy atom. The number of nitro benzene ring substituents is 1. The maximum absolute atomic E-state index is 12.8. The normalized spacial score (nSPS) is 18.9. The molecule has 0 saturated carbocycles. The van der Waals surface area contributed by atoms with E-state index in [1.807, 2.05) is 23.1 Å². The number of hydrogen-bond donors (Lipinski definition) is 0. The van der Waals surface area contributed by atoms with E-state index in [4.69, 9.17) is 9.47 Å². The third kappa shape index (κ3) is 3.38. The number of nitrogens with zero attached hydrogens (tertiary/aromatic N) is 3. The Kier molecular flexibility index (Phi) is 4.53. The molecule has 140 valence electrons. The Balaban J connectivity index is 1.40. The Morgan fingerprint density at radius 1 is 1.00 bits per heavy atom. The van der Waals surface area contributed by atoms with E-state index in [1.165, 1.54) is 6.07 Å². The summed E-state index contributed by atoms with van der Waals surface area (Å²) >= 11 is 0. The van der Waals surface area contributed by atoms with E-state index in [1.54, 1.807) is 29.2 Å². The molecular formula is C19H19N3O5. The SMILES string of the molecule is O=C([C@H]1COc2ccccc2O1)N1CCN(c2ccccc2[N+](=O)[O-])CC1. The molecule has 2 aliphatic rings. The van der Waals surface area contributed by atoms with E-state index < -0.39 is 6.10 Å². The maximum Gasteiger partial charge on any atom is 0.292 e. The van der Waals surface area contributed by atoms with Crippen LogP contribution in [0, 0.1) is 10.1 Å². The van der Waals surface area contributed by atoms with Crippen molar-refractivity contribution in [3.05, 3.63) is 58.6 Å². The lowest BCUT2D eigenvalue weighted by Gasteiger charge is -2.37. The minimum Gasteiger partial charge on any atom is -0.485 e. The number of ether oxygens (including phenoxy) is 2. The smallest absolute Gasteiger partial charge is 0.292 e. The van der Waals surface area contributed by atoms with E-state index in [0.717, 1.165) is 0 Å². The minimum atomic E-state index is -0.669. The van der Waals surface area contributed by atoms with Gasteiger partial charge in [0, 0.05) is 32.2 Å². The molecule has 1 saturated heterocycles. The minimum absolute atomic E-state index is 0.0814. The Morgan fingerprint density at radius 2 is 1.67 bits per heavy atom. The Hall–Kier alpha value is -3.29. The van der Waals surface area contributed by atoms with Crippen LogP contribution in [0.3, 0.4) is 0 Å². The van der Waals surface area contributed by atoms with Crippen LogP contribution in [0.25, 0.3) is 0 Å². The summed E-state index contributed by atoms with van der Waals surface area (Å²) in [7, 11) is 0. The molecule has 0 N–H and O–H groups in total. The van der Waals surface area contributed by atoms with Crippen LogP contribution in [0.15, 0.2) is 48.5 Å². The van der Waals surface area contributed by atoms with Crippen molar-refractivity contribution in [1.29, 1.82) is 0 Å². The molecule has 27 heavy (non-hydrogen) atoms. The number of nitro groups is 1. The number of carbonyl (C=O) groups is 1. The van der Waals surface area contributed by atoms with E-state index in [2.05, 4.69) is 0 Å². The third-order valence-corrected chi connectivity index (χ3v) is 4.79. The summed E-state index contributed by atoms with van der Waals surface area (Å²) in [4.78, 5) is 27.3. The van der Waals surface area contributed by atoms with Gasteiger partial charge in [-0.25, -0.2) is 0 Å². The van der Waals surface area contributed by atoms with Crippen molar-refractivity contribution in [3.8, 4) is 11.5 Å². The summed E-state index contributed by atoms with van der Waals surface area (Å²) in [6, 6.07) is 13.9. The molecule has 1 amide bonds. The first-order valence-corrected chi connectivity index (χ1v) is 8.79. The van der Waals surface area contributed by atoms with Gasteiger partial charge in [0.1, 0.15) is 12.3 Å². The number of piperazine rings is 1. The quantitative estimate of drug-likeness (QED) is 0.608. The van der Waals surface area contributed by atoms with Gasteiger partial charge in [-0.3, -0.25) is 14.9 Å². The number of benzene rings is 2. The highest BCUT2D eigenvalue weighted by Crippen LogP contribution is 2.32. The first kappa shape index (κ1) is 17.1. The second kappa shape index (κ2) is 7.14. The summed E-state index contributed by atoms with van der Waals surface area (Å²) in [5, 5.41) is 11.2. The van der Waals surface area contributed by atoms with Crippen LogP contribution < -0.4 is 14.4 Å². The van der Waals surface area contributed by atoms with Gasteiger partial charge >= 0.3 is 0 Å². The molecule has 2 aromatic rings. The zero-order chi connectivity index (χ0) is 18.8. The Bertz CT molecular complexity index is 864. The van der Waals surface area contributed by atoms with E-state index in [0.29, 0.717) is 43.4 Å². The van der Waals surface area contributed by atoms with Crippen LogP contribution in [0.4, 0.5) is 11.4 Å². The van der Waals surface area contributed by atoms with Crippen molar-refractivity contribution in [2.24, 2.45) is 0 Å². The van der Waals surface area contributed by atoms with Crippen molar-refractivity contribution in [2.45, 2.75) is 6.10 Å². The summed E-state index contributed by atoms with van der Waals surface area (Å²) < 4.78 is 11.4. The number of hydrogen-bond acceptors (Lipinski definition) is 6. The molecule has 8 heteroatoms. The van der Waals surface area contributed by atoms with Crippen molar-refractivity contribution >= 4 is 17.3 Å². The number of fused-ring (bicyclic) bond motifs is 1. The highest BCUT2D eigenvalue weighted by Gasteiger charge is 2.33. The molecule has 1 atom stereocenters. The molecule has 0 radical (unpaired) electrons. The summed E-state index contributed by atoms with van der Waals surface area (Å²) in [6.45, 7) is 2.19. The van der Waals surface area contributed by atoms with E-state index in [9.17, 15) is 14.9 Å². The molecule has 0 aromatic heterocycles. The predicted molar refractivity (Wildman–Crippen MR) is 98.2 cm³/mol. The number of rotatable bonds is 3. The molecule has 2 aliphatic heterocycles. The average Bonchev–Trinajstić information content (AvgIpc) is 2.73. The van der Waals surface area contributed by atoms with Crippen molar-refractivity contribution < 1.29 is 19.2 Å². The molecule has 0 unspecified atom stereocenters. The fraction of sp³-hybridized carbons (Fsp3) is 0.316. The molecule has 1 fully saturated rings. The lowest BCUT2D eigenvalue weighted by Crippen LogP contribution is -2.54. The first-order chi connectivity index (χ1) is 13.1. The van der Waals surface area contributed by atoms with Gasteiger partial charge in [-0.15, -0.1) is 0 Å². The van der Waals surface area contributed by atoms with Gasteiger partial charge in [0.2, 0.25) is 6.10 Å². The van der Waals surface area contributed by atoms with Gasteiger partial charge in [0.25, 0.3) is 11.6 Å². The molecule has 0 spiro atoms. The molecular weight excluding hydrogens is 350 g/mol. The van der Waals surface area contributed by atoms with Gasteiger partial charge in [-0.1, -0.05) is 24.3 Å². The monoisotopic (exact) mass is 369 g/mol. The zero-order valence-corrected chi connectivity index (χ0v) is 14.6. The fourth-order valence-electron chi connectivity index (χ4n) is 3.40. The van der Waals surface area contributed by atoms with Gasteiger partial charge in [-0.05, 0) is 18.2 Å². The Labute approximate surface area is 156 Å². The van der Waals surface area contributed by atoms with Crippen LogP contribution >= 0.6 is 0 Å². The topological polar surface area (TPSA) is 85.2 Å². The average molecular weight is 369 g/mol. The molecule has 2 heterocycles. The number of carbonyl (C=O) groups excluding carboxylic acids is 1. The predicted octanol–water partition coefficient (Wildman–Crippen LogP) is 2.08. The van der Waals surface area contributed by atoms with Gasteiger partial charge in [-0.2, -0.15) is 0 Å². The lowest BCUT2D eigenvalue weighted by molar-refractivity contribution is -0.384. The molecule has 2 aromatic carbocycles. The van der Waals surface area contributed by atoms with Crippen LogP contribution in [-0.2, 0) is 4.79 Å². The van der Waals surface area contributed by atoms with Crippen molar-refractivity contribution in [3.63, 3.8) is 0 Å². The van der Waals surface area contributed by atoms with Gasteiger partial charge in [0.05, 0.1) is 4.92 Å². The van der Waals surface area contributed by atoms with E-state index in [-0.39, 0.29) is 23.1 Å². The highest BCUT2D eigenvalue weighted by molar-refractivity contribution is 5.82. The second-order valence-electron chi connectivity index (χ2n) is 6.42. The third-order valence-electron chi connectivity index (χ3n) is 4.79. The highest BCUT2D eigenvalue weighted by atomic mass is 16.6. The summed E-state index contributed by atoms with van der Waals surface area (Å²) in [5.41, 5.74) is 0.665. The van der Waals surface area contributed by atoms with Gasteiger partial charge in [0.15, 0.2) is 11.5 Å². The van der Waals surface area contributed by atoms with Crippen LogP contribution in [0.5, 0.6) is 11.5 Å². The number of amides is 1. The summed E-state index contributed by atoms with van der Waals surface area (Å²) in [5.74, 6) is 1.09. The van der Waals surface area contributed by atoms with Crippen LogP contribution in [-0.4, -0.2) is 54.6 Å². The van der Waals surface area contributed by atoms with Crippen molar-refractivity contribution in [1.82, 2.24) is 4.90 Å². The molecule has 8 nitrogen and oxygen atoms in total. The van der Waals surface area contributed by atoms with E-state index >= 15 is 0 Å². The zero-order valence-electron chi connectivity index (χ0n) is 14.6. The largest absolute Gasteiger partial charge is 0.485 e. The van der Waals surface area contributed by atoms with Gasteiger partial charge < -0.3 is 19.3 Å². The molecule has 0 bridgehead atoms. The lowest BCUT2D eigenvalue weighted by atomic mass is 10.2. The number of anilines is 1. The molecule has 0 aliphatic carbocycles. The standard InChI is InChI=1S/C19H19N3O5/c23-19(18-13-26-16-7-3-4-8-17(16)27-18)21-11-9-20(10-12-21)14-5-1-2-6-15(14)22(24)25/h1-8,18H,9-13H2/t18-/m1/s1. The van der Waals surface area contributed by atoms with Crippen LogP contribution in [0.1, 0.15) is 0 Å². The summed E-state index contributed by atoms with van der Waals surface area (Å²) in [6.07, 6.45) is -0.669. The first-order valence-electron chi connectivity index (χ1n) is 8.79. The maximum atomic E-state index is 12.8. The molecule has 4 rings (SSSR count). The fourth-order valence-corrected chi connectivity index (χ4v) is 3.40.